The number of rotatable bonds is 7. The number of H-pyrrole nitrogens is 1. The number of hydrogen-bond acceptors (Lipinski definition) is 4. The number of anilines is 1. The number of imidazole rings is 1. The van der Waals surface area contributed by atoms with E-state index in [-0.39, 0.29) is 5.91 Å². The molecular formula is C27H23N5O. The summed E-state index contributed by atoms with van der Waals surface area (Å²) >= 11 is 0. The Kier molecular flexibility index (Phi) is 6.72. The van der Waals surface area contributed by atoms with Crippen molar-refractivity contribution < 1.29 is 4.79 Å². The molecule has 0 aliphatic heterocycles. The van der Waals surface area contributed by atoms with Gasteiger partial charge in [0, 0.05) is 35.2 Å². The van der Waals surface area contributed by atoms with Crippen molar-refractivity contribution in [2.75, 3.05) is 11.9 Å². The van der Waals surface area contributed by atoms with Crippen LogP contribution in [-0.4, -0.2) is 28.1 Å². The van der Waals surface area contributed by atoms with E-state index in [0.29, 0.717) is 29.9 Å². The van der Waals surface area contributed by atoms with Gasteiger partial charge in [0.15, 0.2) is 0 Å². The molecule has 0 bridgehead atoms. The van der Waals surface area contributed by atoms with Crippen LogP contribution >= 0.6 is 0 Å². The maximum atomic E-state index is 13.1. The first-order chi connectivity index (χ1) is 16.1. The van der Waals surface area contributed by atoms with E-state index in [0.717, 1.165) is 28.2 Å². The second-order valence-electron chi connectivity index (χ2n) is 7.60. The number of aryl methyl sites for hydroxylation is 1. The number of nitriles is 1. The summed E-state index contributed by atoms with van der Waals surface area (Å²) in [5.41, 5.74) is 5.46. The maximum absolute atomic E-state index is 13.1. The smallest absolute Gasteiger partial charge is 0.274 e. The lowest BCUT2D eigenvalue weighted by Crippen LogP contribution is -2.24. The highest BCUT2D eigenvalue weighted by molar-refractivity contribution is 6.48. The Morgan fingerprint density at radius 1 is 1.03 bits per heavy atom. The number of aromatic nitrogens is 2. The highest BCUT2D eigenvalue weighted by Crippen LogP contribution is 2.19. The van der Waals surface area contributed by atoms with E-state index in [1.807, 2.05) is 73.7 Å². The molecule has 0 radical (unpaired) electrons. The Labute approximate surface area is 192 Å². The molecule has 0 fully saturated rings. The van der Waals surface area contributed by atoms with E-state index in [9.17, 15) is 4.79 Å². The van der Waals surface area contributed by atoms with Crippen molar-refractivity contribution in [1.29, 1.82) is 5.26 Å². The standard InChI is InChI=1S/C27H23N5O/c1-19-18-30-26(31-19)23-11-13-24(14-12-23)32-27(33)25(22-5-3-2-4-6-22)29-16-15-20-7-9-21(17-28)10-8-20/h2-14,18H,15-16H2,1H3,(H,30,31)(H,32,33)/b29-25+. The first-order valence-electron chi connectivity index (χ1n) is 10.6. The number of amides is 1. The molecule has 1 amide bonds. The molecule has 0 spiro atoms. The molecule has 0 aliphatic carbocycles. The molecule has 0 atom stereocenters. The zero-order valence-corrected chi connectivity index (χ0v) is 18.2. The molecule has 1 heterocycles. The van der Waals surface area contributed by atoms with Gasteiger partial charge in [-0.15, -0.1) is 0 Å². The molecule has 4 rings (SSSR count). The minimum atomic E-state index is -0.261. The number of nitrogens with zero attached hydrogens (tertiary/aromatic N) is 3. The largest absolute Gasteiger partial charge is 0.342 e. The van der Waals surface area contributed by atoms with Crippen LogP contribution in [0.1, 0.15) is 22.4 Å². The molecule has 2 N–H and O–H groups in total. The van der Waals surface area contributed by atoms with Gasteiger partial charge in [0.25, 0.3) is 5.91 Å². The Morgan fingerprint density at radius 3 is 2.39 bits per heavy atom. The molecule has 6 heteroatoms. The predicted octanol–water partition coefficient (Wildman–Crippen LogP) is 4.93. The number of aliphatic imine (C=N–C) groups is 1. The van der Waals surface area contributed by atoms with Crippen LogP contribution in [0.5, 0.6) is 0 Å². The quantitative estimate of drug-likeness (QED) is 0.405. The van der Waals surface area contributed by atoms with E-state index in [1.165, 1.54) is 0 Å². The summed E-state index contributed by atoms with van der Waals surface area (Å²) in [6.45, 7) is 2.41. The van der Waals surface area contributed by atoms with Crippen LogP contribution in [0.3, 0.4) is 0 Å². The normalized spacial score (nSPS) is 11.1. The van der Waals surface area contributed by atoms with Gasteiger partial charge in [-0.05, 0) is 55.3 Å². The highest BCUT2D eigenvalue weighted by Gasteiger charge is 2.14. The van der Waals surface area contributed by atoms with Gasteiger partial charge in [-0.1, -0.05) is 42.5 Å². The Balaban J connectivity index is 1.48. The lowest BCUT2D eigenvalue weighted by Gasteiger charge is -2.10. The van der Waals surface area contributed by atoms with E-state index in [1.54, 1.807) is 18.3 Å². The average Bonchev–Trinajstić information content (AvgIpc) is 3.29. The fraction of sp³-hybridized carbons (Fsp3) is 0.111. The SMILES string of the molecule is Cc1cnc(-c2ccc(NC(=O)/C(=N/CCc3ccc(C#N)cc3)c3ccccc3)cc2)[nH]1. The summed E-state index contributed by atoms with van der Waals surface area (Å²) in [5.74, 6) is 0.530. The number of carbonyl (C=O) groups is 1. The van der Waals surface area contributed by atoms with E-state index < -0.39 is 0 Å². The van der Waals surface area contributed by atoms with Crippen molar-refractivity contribution in [2.45, 2.75) is 13.3 Å². The van der Waals surface area contributed by atoms with Gasteiger partial charge in [-0.25, -0.2) is 4.98 Å². The molecule has 3 aromatic carbocycles. The van der Waals surface area contributed by atoms with Gasteiger partial charge >= 0.3 is 0 Å². The van der Waals surface area contributed by atoms with Gasteiger partial charge in [0.05, 0.1) is 11.6 Å². The minimum absolute atomic E-state index is 0.261. The second-order valence-corrected chi connectivity index (χ2v) is 7.60. The molecule has 33 heavy (non-hydrogen) atoms. The maximum Gasteiger partial charge on any atom is 0.274 e. The second kappa shape index (κ2) is 10.2. The highest BCUT2D eigenvalue weighted by atomic mass is 16.1. The fourth-order valence-electron chi connectivity index (χ4n) is 3.39. The zero-order valence-electron chi connectivity index (χ0n) is 18.2. The summed E-state index contributed by atoms with van der Waals surface area (Å²) < 4.78 is 0. The Hall–Kier alpha value is -4.50. The number of nitrogens with one attached hydrogen (secondary N) is 2. The number of hydrogen-bond donors (Lipinski definition) is 2. The van der Waals surface area contributed by atoms with Crippen LogP contribution in [0.25, 0.3) is 11.4 Å². The lowest BCUT2D eigenvalue weighted by molar-refractivity contribution is -0.110. The van der Waals surface area contributed by atoms with Crippen LogP contribution in [-0.2, 0) is 11.2 Å². The molecule has 0 aliphatic rings. The number of aromatic amines is 1. The van der Waals surface area contributed by atoms with Gasteiger partial charge < -0.3 is 10.3 Å². The molecule has 0 saturated carbocycles. The van der Waals surface area contributed by atoms with Crippen LogP contribution in [0.4, 0.5) is 5.69 Å². The van der Waals surface area contributed by atoms with Gasteiger partial charge in [0.1, 0.15) is 11.5 Å². The molecule has 0 unspecified atom stereocenters. The van der Waals surface area contributed by atoms with Gasteiger partial charge in [-0.3, -0.25) is 9.79 Å². The third-order valence-corrected chi connectivity index (χ3v) is 5.13. The van der Waals surface area contributed by atoms with Crippen LogP contribution < -0.4 is 5.32 Å². The average molecular weight is 434 g/mol. The van der Waals surface area contributed by atoms with E-state index >= 15 is 0 Å². The summed E-state index contributed by atoms with van der Waals surface area (Å²) in [7, 11) is 0. The molecule has 0 saturated heterocycles. The Morgan fingerprint density at radius 2 is 1.76 bits per heavy atom. The van der Waals surface area contributed by atoms with Crippen LogP contribution in [0.2, 0.25) is 0 Å². The molecule has 6 nitrogen and oxygen atoms in total. The summed E-state index contributed by atoms with van der Waals surface area (Å²) in [4.78, 5) is 25.3. The number of carbonyl (C=O) groups excluding carboxylic acids is 1. The third-order valence-electron chi connectivity index (χ3n) is 5.13. The Bertz CT molecular complexity index is 1300. The summed E-state index contributed by atoms with van der Waals surface area (Å²) in [6, 6.07) is 26.5. The topological polar surface area (TPSA) is 93.9 Å². The van der Waals surface area contributed by atoms with Gasteiger partial charge in [-0.2, -0.15) is 5.26 Å². The minimum Gasteiger partial charge on any atom is -0.342 e. The van der Waals surface area contributed by atoms with E-state index in [4.69, 9.17) is 5.26 Å². The zero-order chi connectivity index (χ0) is 23.0. The van der Waals surface area contributed by atoms with Crippen molar-refractivity contribution in [1.82, 2.24) is 9.97 Å². The molecule has 1 aromatic heterocycles. The molecular weight excluding hydrogens is 410 g/mol. The third kappa shape index (κ3) is 5.60. The van der Waals surface area contributed by atoms with Crippen molar-refractivity contribution in [3.05, 3.63) is 107 Å². The van der Waals surface area contributed by atoms with Crippen LogP contribution in [0, 0.1) is 18.3 Å². The first-order valence-corrected chi connectivity index (χ1v) is 10.6. The van der Waals surface area contributed by atoms with Gasteiger partial charge in [0.2, 0.25) is 0 Å². The summed E-state index contributed by atoms with van der Waals surface area (Å²) in [6.07, 6.45) is 2.46. The monoisotopic (exact) mass is 433 g/mol. The van der Waals surface area contributed by atoms with Crippen molar-refractivity contribution in [3.8, 4) is 17.5 Å². The predicted molar refractivity (Wildman–Crippen MR) is 130 cm³/mol. The van der Waals surface area contributed by atoms with Crippen molar-refractivity contribution in [2.24, 2.45) is 4.99 Å². The van der Waals surface area contributed by atoms with E-state index in [2.05, 4.69) is 26.3 Å². The van der Waals surface area contributed by atoms with Crippen molar-refractivity contribution >= 4 is 17.3 Å². The van der Waals surface area contributed by atoms with Crippen LogP contribution in [0.15, 0.2) is 90.1 Å². The first kappa shape index (κ1) is 21.7. The molecule has 162 valence electrons. The van der Waals surface area contributed by atoms with Crippen molar-refractivity contribution in [3.63, 3.8) is 0 Å². The fourth-order valence-corrected chi connectivity index (χ4v) is 3.39. The summed E-state index contributed by atoms with van der Waals surface area (Å²) in [5, 5.41) is 11.9. The number of benzene rings is 3. The molecule has 4 aromatic rings. The lowest BCUT2D eigenvalue weighted by atomic mass is 10.1.